The highest BCUT2D eigenvalue weighted by Gasteiger charge is 2.33. The van der Waals surface area contributed by atoms with Gasteiger partial charge in [0, 0.05) is 37.0 Å². The molecule has 1 unspecified atom stereocenters. The van der Waals surface area contributed by atoms with E-state index in [1.165, 1.54) is 12.1 Å². The predicted octanol–water partition coefficient (Wildman–Crippen LogP) is 3.06. The van der Waals surface area contributed by atoms with Gasteiger partial charge in [-0.25, -0.2) is 0 Å². The number of benzene rings is 1. The largest absolute Gasteiger partial charge is 0.489 e. The highest BCUT2D eigenvalue weighted by molar-refractivity contribution is 5.97. The summed E-state index contributed by atoms with van der Waals surface area (Å²) in [4.78, 5) is 22.1. The minimum atomic E-state index is -0.420. The quantitative estimate of drug-likeness (QED) is 0.604. The summed E-state index contributed by atoms with van der Waals surface area (Å²) in [6.45, 7) is 0. The molecule has 0 saturated carbocycles. The fourth-order valence-electron chi connectivity index (χ4n) is 2.65. The van der Waals surface area contributed by atoms with Crippen LogP contribution >= 0.6 is 0 Å². The van der Waals surface area contributed by atoms with Crippen molar-refractivity contribution in [3.63, 3.8) is 0 Å². The Kier molecular flexibility index (Phi) is 2.81. The number of ether oxygens (including phenoxy) is 1. The van der Waals surface area contributed by atoms with Crippen molar-refractivity contribution in [1.82, 2.24) is 0 Å². The van der Waals surface area contributed by atoms with Crippen molar-refractivity contribution in [2.75, 3.05) is 0 Å². The van der Waals surface area contributed by atoms with Crippen molar-refractivity contribution >= 4 is 11.5 Å². The Morgan fingerprint density at radius 2 is 2.16 bits per heavy atom. The summed E-state index contributed by atoms with van der Waals surface area (Å²) in [6, 6.07) is 6.43. The van der Waals surface area contributed by atoms with Crippen LogP contribution in [0.3, 0.4) is 0 Å². The SMILES string of the molecule is O=C1CCCC2=C1CC(c1cccc([N+](=O)[O-])c1)O2. The molecule has 0 spiro atoms. The van der Waals surface area contributed by atoms with Crippen molar-refractivity contribution in [2.24, 2.45) is 0 Å². The minimum Gasteiger partial charge on any atom is -0.489 e. The first kappa shape index (κ1) is 11.9. The fourth-order valence-corrected chi connectivity index (χ4v) is 2.65. The third-order valence-corrected chi connectivity index (χ3v) is 3.61. The van der Waals surface area contributed by atoms with Crippen LogP contribution in [0.4, 0.5) is 5.69 Å². The number of hydrogen-bond donors (Lipinski definition) is 0. The normalized spacial score (nSPS) is 22.1. The molecule has 0 radical (unpaired) electrons. The standard InChI is InChI=1S/C14H13NO4/c16-12-5-2-6-13-11(12)8-14(19-13)9-3-1-4-10(7-9)15(17)18/h1,3-4,7,14H,2,5-6,8H2. The molecular weight excluding hydrogens is 246 g/mol. The van der Waals surface area contributed by atoms with Crippen molar-refractivity contribution < 1.29 is 14.5 Å². The van der Waals surface area contributed by atoms with Gasteiger partial charge in [-0.15, -0.1) is 0 Å². The first-order chi connectivity index (χ1) is 9.15. The molecule has 0 saturated heterocycles. The molecule has 1 heterocycles. The van der Waals surface area contributed by atoms with E-state index in [-0.39, 0.29) is 17.6 Å². The molecule has 5 nitrogen and oxygen atoms in total. The molecule has 0 amide bonds. The molecule has 0 bridgehead atoms. The minimum absolute atomic E-state index is 0.0531. The van der Waals surface area contributed by atoms with Crippen LogP contribution < -0.4 is 0 Å². The van der Waals surface area contributed by atoms with Gasteiger partial charge >= 0.3 is 0 Å². The van der Waals surface area contributed by atoms with E-state index < -0.39 is 4.92 Å². The van der Waals surface area contributed by atoms with Gasteiger partial charge in [0.05, 0.1) is 4.92 Å². The smallest absolute Gasteiger partial charge is 0.269 e. The molecule has 1 atom stereocenters. The number of carbonyl (C=O) groups excluding carboxylic acids is 1. The predicted molar refractivity (Wildman–Crippen MR) is 67.4 cm³/mol. The molecule has 98 valence electrons. The third-order valence-electron chi connectivity index (χ3n) is 3.61. The van der Waals surface area contributed by atoms with E-state index in [0.29, 0.717) is 12.8 Å². The van der Waals surface area contributed by atoms with Crippen LogP contribution in [-0.2, 0) is 9.53 Å². The Hall–Kier alpha value is -2.17. The summed E-state index contributed by atoms with van der Waals surface area (Å²) in [7, 11) is 0. The summed E-state index contributed by atoms with van der Waals surface area (Å²) < 4.78 is 5.79. The Balaban J connectivity index is 1.85. The van der Waals surface area contributed by atoms with Crippen LogP contribution in [0, 0.1) is 10.1 Å². The van der Waals surface area contributed by atoms with Crippen LogP contribution in [0.1, 0.15) is 37.4 Å². The van der Waals surface area contributed by atoms with Gasteiger partial charge in [-0.2, -0.15) is 0 Å². The molecule has 3 rings (SSSR count). The van der Waals surface area contributed by atoms with Gasteiger partial charge in [-0.05, 0) is 12.0 Å². The topological polar surface area (TPSA) is 69.4 Å². The highest BCUT2D eigenvalue weighted by Crippen LogP contribution is 2.41. The van der Waals surface area contributed by atoms with E-state index in [2.05, 4.69) is 0 Å². The van der Waals surface area contributed by atoms with E-state index >= 15 is 0 Å². The fraction of sp³-hybridized carbons (Fsp3) is 0.357. The van der Waals surface area contributed by atoms with E-state index in [9.17, 15) is 14.9 Å². The zero-order valence-electron chi connectivity index (χ0n) is 10.3. The van der Waals surface area contributed by atoms with Crippen LogP contribution in [-0.4, -0.2) is 10.7 Å². The maximum absolute atomic E-state index is 11.8. The molecule has 0 aromatic heterocycles. The Morgan fingerprint density at radius 3 is 2.89 bits per heavy atom. The molecule has 2 aliphatic rings. The maximum atomic E-state index is 11.8. The highest BCUT2D eigenvalue weighted by atomic mass is 16.6. The van der Waals surface area contributed by atoms with Gasteiger partial charge in [-0.1, -0.05) is 12.1 Å². The second kappa shape index (κ2) is 4.50. The summed E-state index contributed by atoms with van der Waals surface area (Å²) in [5, 5.41) is 10.8. The molecule has 1 aromatic carbocycles. The number of nitrogens with zero attached hydrogens (tertiary/aromatic N) is 1. The second-order valence-electron chi connectivity index (χ2n) is 4.84. The second-order valence-corrected chi connectivity index (χ2v) is 4.84. The number of nitro benzene ring substituents is 1. The zero-order valence-corrected chi connectivity index (χ0v) is 10.3. The van der Waals surface area contributed by atoms with Crippen LogP contribution in [0.25, 0.3) is 0 Å². The van der Waals surface area contributed by atoms with Crippen LogP contribution in [0.15, 0.2) is 35.6 Å². The van der Waals surface area contributed by atoms with Gasteiger partial charge in [0.25, 0.3) is 5.69 Å². The molecule has 5 heteroatoms. The Bertz CT molecular complexity index is 591. The molecule has 1 aromatic rings. The van der Waals surface area contributed by atoms with Crippen molar-refractivity contribution in [3.05, 3.63) is 51.3 Å². The van der Waals surface area contributed by atoms with Gasteiger partial charge in [0.15, 0.2) is 5.78 Å². The van der Waals surface area contributed by atoms with Crippen molar-refractivity contribution in [2.45, 2.75) is 31.8 Å². The summed E-state index contributed by atoms with van der Waals surface area (Å²) in [5.74, 6) is 0.946. The number of non-ortho nitro benzene ring substituents is 1. The molecule has 1 aliphatic carbocycles. The van der Waals surface area contributed by atoms with Crippen molar-refractivity contribution in [1.29, 1.82) is 0 Å². The number of Topliss-reactive ketones (excluding diaryl/α,β-unsaturated/α-hetero) is 1. The first-order valence-electron chi connectivity index (χ1n) is 6.31. The van der Waals surface area contributed by atoms with E-state index in [4.69, 9.17) is 4.74 Å². The summed E-state index contributed by atoms with van der Waals surface area (Å²) in [5.41, 5.74) is 1.59. The third kappa shape index (κ3) is 2.12. The van der Waals surface area contributed by atoms with Gasteiger partial charge < -0.3 is 4.74 Å². The van der Waals surface area contributed by atoms with Crippen LogP contribution in [0.2, 0.25) is 0 Å². The Morgan fingerprint density at radius 1 is 1.32 bits per heavy atom. The first-order valence-corrected chi connectivity index (χ1v) is 6.31. The Labute approximate surface area is 110 Å². The molecule has 0 fully saturated rings. The molecular formula is C14H13NO4. The number of rotatable bonds is 2. The monoisotopic (exact) mass is 259 g/mol. The van der Waals surface area contributed by atoms with Gasteiger partial charge in [0.2, 0.25) is 0 Å². The average molecular weight is 259 g/mol. The molecule has 1 aliphatic heterocycles. The number of nitro groups is 1. The summed E-state index contributed by atoms with van der Waals surface area (Å²) >= 11 is 0. The van der Waals surface area contributed by atoms with Gasteiger partial charge in [0.1, 0.15) is 11.9 Å². The van der Waals surface area contributed by atoms with E-state index in [1.54, 1.807) is 12.1 Å². The lowest BCUT2D eigenvalue weighted by Crippen LogP contribution is -2.07. The van der Waals surface area contributed by atoms with Crippen LogP contribution in [0.5, 0.6) is 0 Å². The molecule has 0 N–H and O–H groups in total. The number of carbonyl (C=O) groups is 1. The van der Waals surface area contributed by atoms with Gasteiger partial charge in [-0.3, -0.25) is 14.9 Å². The molecule has 19 heavy (non-hydrogen) atoms. The van der Waals surface area contributed by atoms with E-state index in [0.717, 1.165) is 29.7 Å². The lowest BCUT2D eigenvalue weighted by Gasteiger charge is -2.13. The summed E-state index contributed by atoms with van der Waals surface area (Å²) in [6.07, 6.45) is 2.50. The maximum Gasteiger partial charge on any atom is 0.269 e. The zero-order chi connectivity index (χ0) is 13.4. The number of ketones is 1. The number of hydrogen-bond acceptors (Lipinski definition) is 4. The lowest BCUT2D eigenvalue weighted by molar-refractivity contribution is -0.385. The van der Waals surface area contributed by atoms with E-state index in [1.807, 2.05) is 0 Å². The number of allylic oxidation sites excluding steroid dienone is 1. The lowest BCUT2D eigenvalue weighted by atomic mass is 9.93. The van der Waals surface area contributed by atoms with Crippen molar-refractivity contribution in [3.8, 4) is 0 Å². The average Bonchev–Trinajstić information content (AvgIpc) is 2.84.